The van der Waals surface area contributed by atoms with Gasteiger partial charge in [-0.15, -0.1) is 0 Å². The van der Waals surface area contributed by atoms with Gasteiger partial charge in [0, 0.05) is 29.8 Å². The Labute approximate surface area is 188 Å². The van der Waals surface area contributed by atoms with Crippen LogP contribution in [0.2, 0.25) is 0 Å². The lowest BCUT2D eigenvalue weighted by Crippen LogP contribution is -2.29. The molecule has 2 aliphatic heterocycles. The molecule has 1 saturated heterocycles. The van der Waals surface area contributed by atoms with Crippen molar-refractivity contribution >= 4 is 17.4 Å². The third kappa shape index (κ3) is 3.69. The first kappa shape index (κ1) is 20.7. The first-order valence-corrected chi connectivity index (χ1v) is 10.4. The van der Waals surface area contributed by atoms with Gasteiger partial charge < -0.3 is 19.5 Å². The number of aromatic amines is 1. The average molecular weight is 446 g/mol. The van der Waals surface area contributed by atoms with Crippen LogP contribution in [0.3, 0.4) is 0 Å². The maximum absolute atomic E-state index is 14.9. The predicted molar refractivity (Wildman–Crippen MR) is 112 cm³/mol. The van der Waals surface area contributed by atoms with Gasteiger partial charge in [0.2, 0.25) is 5.78 Å². The number of rotatable bonds is 4. The summed E-state index contributed by atoms with van der Waals surface area (Å²) in [5.74, 6) is -2.18. The van der Waals surface area contributed by atoms with E-state index in [1.165, 1.54) is 35.2 Å². The Morgan fingerprint density at radius 1 is 1.03 bits per heavy atom. The van der Waals surface area contributed by atoms with Crippen LogP contribution >= 0.6 is 0 Å². The Balaban J connectivity index is 1.65. The van der Waals surface area contributed by atoms with Gasteiger partial charge in [-0.1, -0.05) is 30.0 Å². The number of nitrogens with zero attached hydrogens (tertiary/aromatic N) is 1. The summed E-state index contributed by atoms with van der Waals surface area (Å²) in [5, 5.41) is 13.5. The molecular formula is C25H19FN2O5. The number of amides is 1. The first-order chi connectivity index (χ1) is 16.0. The minimum absolute atomic E-state index is 0.0379. The standard InChI is InChI=1S/C25H19FN2O5/c26-18-4-2-1-3-17(18)22-21(23(29)16-5-6-19-20(13-16)33-12-11-32-19)24(30)25(31)28(22)14-15-7-9-27-10-8-15/h1-10,13,22,29H,11-12,14H2/b23-21+. The summed E-state index contributed by atoms with van der Waals surface area (Å²) in [6.45, 7) is 0.765. The number of aromatic nitrogens is 1. The number of benzene rings is 2. The molecule has 1 atom stereocenters. The van der Waals surface area contributed by atoms with E-state index < -0.39 is 29.3 Å². The van der Waals surface area contributed by atoms with Gasteiger partial charge in [-0.2, -0.15) is 0 Å². The molecule has 2 aliphatic rings. The zero-order chi connectivity index (χ0) is 22.9. The topological polar surface area (TPSA) is 93.0 Å². The second kappa shape index (κ2) is 8.38. The van der Waals surface area contributed by atoms with Gasteiger partial charge in [-0.25, -0.2) is 9.37 Å². The molecule has 3 aromatic rings. The van der Waals surface area contributed by atoms with Crippen LogP contribution in [0.5, 0.6) is 11.5 Å². The number of halogens is 1. The third-order valence-electron chi connectivity index (χ3n) is 5.67. The van der Waals surface area contributed by atoms with Crippen molar-refractivity contribution in [2.24, 2.45) is 0 Å². The Morgan fingerprint density at radius 2 is 1.76 bits per heavy atom. The number of likely N-dealkylation sites (tertiary alicyclic amines) is 1. The summed E-state index contributed by atoms with van der Waals surface area (Å²) < 4.78 is 25.9. The van der Waals surface area contributed by atoms with E-state index in [1.807, 2.05) is 0 Å². The molecular weight excluding hydrogens is 427 g/mol. The number of pyridine rings is 1. The third-order valence-corrected chi connectivity index (χ3v) is 5.67. The molecule has 33 heavy (non-hydrogen) atoms. The molecule has 8 heteroatoms. The maximum atomic E-state index is 14.9. The van der Waals surface area contributed by atoms with E-state index in [0.717, 1.165) is 5.56 Å². The number of hydrogen-bond donors (Lipinski definition) is 0. The van der Waals surface area contributed by atoms with Gasteiger partial charge in [0.15, 0.2) is 23.9 Å². The predicted octanol–water partition coefficient (Wildman–Crippen LogP) is 1.84. The zero-order valence-corrected chi connectivity index (χ0v) is 17.4. The number of nitrogens with one attached hydrogen (secondary N) is 1. The van der Waals surface area contributed by atoms with Crippen molar-refractivity contribution in [1.82, 2.24) is 4.90 Å². The average Bonchev–Trinajstić information content (AvgIpc) is 3.09. The lowest BCUT2D eigenvalue weighted by Gasteiger charge is -2.28. The van der Waals surface area contributed by atoms with Crippen molar-refractivity contribution in [3.8, 4) is 11.5 Å². The fourth-order valence-corrected chi connectivity index (χ4v) is 4.12. The Morgan fingerprint density at radius 3 is 2.52 bits per heavy atom. The second-order valence-corrected chi connectivity index (χ2v) is 7.70. The number of hydrogen-bond acceptors (Lipinski definition) is 5. The van der Waals surface area contributed by atoms with Crippen molar-refractivity contribution in [3.05, 3.63) is 95.1 Å². The molecule has 1 fully saturated rings. The largest absolute Gasteiger partial charge is 0.872 e. The van der Waals surface area contributed by atoms with Crippen molar-refractivity contribution in [3.63, 3.8) is 0 Å². The number of carbonyl (C=O) groups excluding carboxylic acids is 2. The van der Waals surface area contributed by atoms with Crippen LogP contribution in [0.15, 0.2) is 72.6 Å². The van der Waals surface area contributed by atoms with Crippen molar-refractivity contribution in [2.75, 3.05) is 13.2 Å². The van der Waals surface area contributed by atoms with Crippen LogP contribution in [-0.4, -0.2) is 29.8 Å². The monoisotopic (exact) mass is 446 g/mol. The molecule has 166 valence electrons. The summed E-state index contributed by atoms with van der Waals surface area (Å²) in [6.07, 6.45) is 3.36. The van der Waals surface area contributed by atoms with Gasteiger partial charge in [0.1, 0.15) is 19.0 Å². The van der Waals surface area contributed by atoms with Crippen molar-refractivity contribution < 1.29 is 33.5 Å². The Kier molecular flexibility index (Phi) is 5.26. The van der Waals surface area contributed by atoms with E-state index >= 15 is 0 Å². The zero-order valence-electron chi connectivity index (χ0n) is 17.4. The van der Waals surface area contributed by atoms with Crippen LogP contribution in [0.1, 0.15) is 22.7 Å². The molecule has 0 spiro atoms. The van der Waals surface area contributed by atoms with E-state index in [-0.39, 0.29) is 23.2 Å². The summed E-state index contributed by atoms with van der Waals surface area (Å²) in [4.78, 5) is 30.2. The van der Waals surface area contributed by atoms with E-state index in [9.17, 15) is 19.1 Å². The lowest BCUT2D eigenvalue weighted by atomic mass is 9.94. The maximum Gasteiger partial charge on any atom is 0.295 e. The highest BCUT2D eigenvalue weighted by molar-refractivity contribution is 6.46. The molecule has 5 rings (SSSR count). The molecule has 0 aliphatic carbocycles. The van der Waals surface area contributed by atoms with E-state index in [4.69, 9.17) is 9.47 Å². The smallest absolute Gasteiger partial charge is 0.295 e. The SMILES string of the molecule is O=C1C(=O)N(Cc2cc[nH+]cc2)C(c2ccccc2F)/C1=C(\[O-])c1ccc2c(c1)OCCO2. The van der Waals surface area contributed by atoms with Gasteiger partial charge in [0.05, 0.1) is 6.04 Å². The number of carbonyl (C=O) groups is 2. The number of fused-ring (bicyclic) bond motifs is 1. The van der Waals surface area contributed by atoms with Crippen LogP contribution in [0.25, 0.3) is 5.76 Å². The molecule has 1 aromatic heterocycles. The summed E-state index contributed by atoms with van der Waals surface area (Å²) in [5.41, 5.74) is 0.682. The summed E-state index contributed by atoms with van der Waals surface area (Å²) >= 11 is 0. The number of ketones is 1. The van der Waals surface area contributed by atoms with E-state index in [2.05, 4.69) is 4.98 Å². The molecule has 1 N–H and O–H groups in total. The Bertz CT molecular complexity index is 1270. The number of Topliss-reactive ketones (excluding diaryl/α,β-unsaturated/α-hetero) is 1. The second-order valence-electron chi connectivity index (χ2n) is 7.70. The molecule has 0 saturated carbocycles. The number of ether oxygens (including phenoxy) is 2. The fraction of sp³-hybridized carbons (Fsp3) is 0.160. The summed E-state index contributed by atoms with van der Waals surface area (Å²) in [6, 6.07) is 12.7. The molecule has 3 heterocycles. The number of H-pyrrole nitrogens is 1. The van der Waals surface area contributed by atoms with Crippen LogP contribution in [0, 0.1) is 5.82 Å². The van der Waals surface area contributed by atoms with Crippen LogP contribution < -0.4 is 19.6 Å². The Hall–Kier alpha value is -4.20. The van der Waals surface area contributed by atoms with Crippen molar-refractivity contribution in [1.29, 1.82) is 0 Å². The van der Waals surface area contributed by atoms with Crippen LogP contribution in [-0.2, 0) is 16.1 Å². The minimum atomic E-state index is -1.16. The van der Waals surface area contributed by atoms with E-state index in [0.29, 0.717) is 24.7 Å². The highest BCUT2D eigenvalue weighted by Gasteiger charge is 2.45. The minimum Gasteiger partial charge on any atom is -0.872 e. The quantitative estimate of drug-likeness (QED) is 0.346. The lowest BCUT2D eigenvalue weighted by molar-refractivity contribution is -0.378. The van der Waals surface area contributed by atoms with Gasteiger partial charge in [0.25, 0.3) is 5.91 Å². The van der Waals surface area contributed by atoms with Gasteiger partial charge in [-0.05, 0) is 29.3 Å². The normalized spacial score (nSPS) is 19.1. The highest BCUT2D eigenvalue weighted by atomic mass is 19.1. The molecule has 0 bridgehead atoms. The molecule has 7 nitrogen and oxygen atoms in total. The molecule has 1 unspecified atom stereocenters. The van der Waals surface area contributed by atoms with Crippen LogP contribution in [0.4, 0.5) is 4.39 Å². The molecule has 1 amide bonds. The van der Waals surface area contributed by atoms with Gasteiger partial charge in [-0.3, -0.25) is 9.59 Å². The van der Waals surface area contributed by atoms with E-state index in [1.54, 1.807) is 36.7 Å². The molecule has 0 radical (unpaired) electrons. The van der Waals surface area contributed by atoms with Gasteiger partial charge >= 0.3 is 0 Å². The highest BCUT2D eigenvalue weighted by Crippen LogP contribution is 2.41. The van der Waals surface area contributed by atoms with Crippen molar-refractivity contribution in [2.45, 2.75) is 12.6 Å². The molecule has 2 aromatic carbocycles. The first-order valence-electron chi connectivity index (χ1n) is 10.4. The fourth-order valence-electron chi connectivity index (χ4n) is 4.12. The summed E-state index contributed by atoms with van der Waals surface area (Å²) in [7, 11) is 0.